The van der Waals surface area contributed by atoms with E-state index in [9.17, 15) is 5.11 Å². The largest absolute Gasteiger partial charge is 0.385 e. The summed E-state index contributed by atoms with van der Waals surface area (Å²) in [6.07, 6.45) is 5.68. The van der Waals surface area contributed by atoms with Crippen LogP contribution < -0.4 is 0 Å². The third kappa shape index (κ3) is 2.51. The average molecular weight is 273 g/mol. The van der Waals surface area contributed by atoms with E-state index in [1.54, 1.807) is 0 Å². The van der Waals surface area contributed by atoms with Crippen molar-refractivity contribution in [1.82, 2.24) is 4.90 Å². The molecule has 1 saturated heterocycles. The van der Waals surface area contributed by atoms with Gasteiger partial charge in [0.1, 0.15) is 0 Å². The van der Waals surface area contributed by atoms with Crippen molar-refractivity contribution in [3.05, 3.63) is 35.4 Å². The van der Waals surface area contributed by atoms with E-state index in [-0.39, 0.29) is 0 Å². The Hall–Kier alpha value is -0.860. The molecule has 0 spiro atoms. The summed E-state index contributed by atoms with van der Waals surface area (Å²) in [5.41, 5.74) is 2.03. The van der Waals surface area contributed by atoms with Crippen molar-refractivity contribution in [2.75, 3.05) is 13.1 Å². The highest BCUT2D eigenvalue weighted by atomic mass is 16.3. The van der Waals surface area contributed by atoms with Gasteiger partial charge in [-0.25, -0.2) is 0 Å². The molecule has 1 saturated carbocycles. The standard InChI is InChI=1S/C18H27NO/c1-14(2)19-12-10-18(20,11-13-19)17-9-4-3-8-16(17)15-6-5-7-15/h3-4,8-9,14-15,20H,5-7,10-13H2,1-2H3. The maximum Gasteiger partial charge on any atom is 0.0923 e. The topological polar surface area (TPSA) is 23.5 Å². The minimum absolute atomic E-state index is 0.585. The Kier molecular flexibility index (Phi) is 3.87. The van der Waals surface area contributed by atoms with E-state index >= 15 is 0 Å². The van der Waals surface area contributed by atoms with Crippen LogP contribution in [0.3, 0.4) is 0 Å². The van der Waals surface area contributed by atoms with E-state index in [1.165, 1.54) is 30.4 Å². The fourth-order valence-electron chi connectivity index (χ4n) is 3.68. The number of nitrogens with zero attached hydrogens (tertiary/aromatic N) is 1. The fourth-order valence-corrected chi connectivity index (χ4v) is 3.68. The van der Waals surface area contributed by atoms with Crippen LogP contribution in [-0.2, 0) is 5.60 Å². The van der Waals surface area contributed by atoms with Crippen molar-refractivity contribution in [2.24, 2.45) is 0 Å². The predicted molar refractivity (Wildman–Crippen MR) is 82.9 cm³/mol. The van der Waals surface area contributed by atoms with Crippen LogP contribution in [0.25, 0.3) is 0 Å². The first-order valence-corrected chi connectivity index (χ1v) is 8.16. The van der Waals surface area contributed by atoms with E-state index in [0.29, 0.717) is 12.0 Å². The molecule has 1 N–H and O–H groups in total. The molecule has 0 radical (unpaired) electrons. The van der Waals surface area contributed by atoms with E-state index in [0.717, 1.165) is 25.9 Å². The van der Waals surface area contributed by atoms with Crippen LogP contribution in [0, 0.1) is 0 Å². The van der Waals surface area contributed by atoms with Crippen molar-refractivity contribution in [3.8, 4) is 0 Å². The monoisotopic (exact) mass is 273 g/mol. The maximum absolute atomic E-state index is 11.2. The second-order valence-electron chi connectivity index (χ2n) is 6.88. The highest BCUT2D eigenvalue weighted by Crippen LogP contribution is 2.43. The van der Waals surface area contributed by atoms with Crippen molar-refractivity contribution in [1.29, 1.82) is 0 Å². The molecule has 0 unspecified atom stereocenters. The molecule has 2 aliphatic rings. The van der Waals surface area contributed by atoms with Gasteiger partial charge in [0, 0.05) is 19.1 Å². The van der Waals surface area contributed by atoms with Crippen LogP contribution in [0.1, 0.15) is 63.0 Å². The Morgan fingerprint density at radius 2 is 1.80 bits per heavy atom. The van der Waals surface area contributed by atoms with Crippen LogP contribution in [0.5, 0.6) is 0 Å². The van der Waals surface area contributed by atoms with Crippen LogP contribution in [0.15, 0.2) is 24.3 Å². The SMILES string of the molecule is CC(C)N1CCC(O)(c2ccccc2C2CCC2)CC1. The Morgan fingerprint density at radius 3 is 2.35 bits per heavy atom. The van der Waals surface area contributed by atoms with E-state index < -0.39 is 5.60 Å². The van der Waals surface area contributed by atoms with Gasteiger partial charge in [-0.3, -0.25) is 0 Å². The predicted octanol–water partition coefficient (Wildman–Crippen LogP) is 3.65. The number of hydrogen-bond donors (Lipinski definition) is 1. The molecular weight excluding hydrogens is 246 g/mol. The van der Waals surface area contributed by atoms with Crippen LogP contribution >= 0.6 is 0 Å². The third-order valence-corrected chi connectivity index (χ3v) is 5.36. The third-order valence-electron chi connectivity index (χ3n) is 5.36. The minimum atomic E-state index is -0.600. The second kappa shape index (κ2) is 5.50. The van der Waals surface area contributed by atoms with Crippen molar-refractivity contribution < 1.29 is 5.11 Å². The first-order chi connectivity index (χ1) is 9.60. The molecule has 2 nitrogen and oxygen atoms in total. The first-order valence-electron chi connectivity index (χ1n) is 8.16. The molecule has 1 heterocycles. The number of piperidine rings is 1. The zero-order chi connectivity index (χ0) is 14.2. The normalized spacial score (nSPS) is 23.8. The van der Waals surface area contributed by atoms with Gasteiger partial charge in [0.2, 0.25) is 0 Å². The smallest absolute Gasteiger partial charge is 0.0923 e. The summed E-state index contributed by atoms with van der Waals surface area (Å²) in [6.45, 7) is 6.50. The summed E-state index contributed by atoms with van der Waals surface area (Å²) in [4.78, 5) is 2.47. The van der Waals surface area contributed by atoms with Crippen LogP contribution in [0.2, 0.25) is 0 Å². The summed E-state index contributed by atoms with van der Waals surface area (Å²) in [6, 6.07) is 9.21. The van der Waals surface area contributed by atoms with Crippen LogP contribution in [-0.4, -0.2) is 29.1 Å². The van der Waals surface area contributed by atoms with Gasteiger partial charge in [0.05, 0.1) is 5.60 Å². The quantitative estimate of drug-likeness (QED) is 0.908. The summed E-state index contributed by atoms with van der Waals surface area (Å²) >= 11 is 0. The van der Waals surface area contributed by atoms with E-state index in [4.69, 9.17) is 0 Å². The molecule has 2 fully saturated rings. The highest BCUT2D eigenvalue weighted by molar-refractivity contribution is 5.36. The Labute approximate surface area is 122 Å². The zero-order valence-corrected chi connectivity index (χ0v) is 12.8. The summed E-state index contributed by atoms with van der Waals surface area (Å²) < 4.78 is 0. The Balaban J connectivity index is 1.82. The summed E-state index contributed by atoms with van der Waals surface area (Å²) in [5, 5.41) is 11.2. The lowest BCUT2D eigenvalue weighted by Gasteiger charge is -2.42. The van der Waals surface area contributed by atoms with Gasteiger partial charge in [-0.2, -0.15) is 0 Å². The molecule has 3 rings (SSSR count). The number of hydrogen-bond acceptors (Lipinski definition) is 2. The molecule has 0 amide bonds. The van der Waals surface area contributed by atoms with Gasteiger partial charge >= 0.3 is 0 Å². The number of benzene rings is 1. The first kappa shape index (κ1) is 14.1. The Morgan fingerprint density at radius 1 is 1.15 bits per heavy atom. The lowest BCUT2D eigenvalue weighted by molar-refractivity contribution is -0.0334. The van der Waals surface area contributed by atoms with Gasteiger partial charge in [-0.1, -0.05) is 30.7 Å². The molecule has 0 bridgehead atoms. The minimum Gasteiger partial charge on any atom is -0.385 e. The highest BCUT2D eigenvalue weighted by Gasteiger charge is 2.37. The molecule has 1 aromatic carbocycles. The van der Waals surface area contributed by atoms with Gasteiger partial charge in [-0.15, -0.1) is 0 Å². The lowest BCUT2D eigenvalue weighted by atomic mass is 9.73. The molecular formula is C18H27NO. The maximum atomic E-state index is 11.2. The Bertz CT molecular complexity index is 456. The molecule has 1 aliphatic carbocycles. The van der Waals surface area contributed by atoms with Gasteiger partial charge in [0.25, 0.3) is 0 Å². The number of likely N-dealkylation sites (tertiary alicyclic amines) is 1. The van der Waals surface area contributed by atoms with E-state index in [1.807, 2.05) is 0 Å². The van der Waals surface area contributed by atoms with E-state index in [2.05, 4.69) is 43.0 Å². The van der Waals surface area contributed by atoms with Gasteiger partial charge in [-0.05, 0) is 56.6 Å². The number of aliphatic hydroxyl groups is 1. The van der Waals surface area contributed by atoms with Crippen LogP contribution in [0.4, 0.5) is 0 Å². The second-order valence-corrected chi connectivity index (χ2v) is 6.88. The lowest BCUT2D eigenvalue weighted by Crippen LogP contribution is -2.45. The average Bonchev–Trinajstić information content (AvgIpc) is 2.38. The molecule has 1 aliphatic heterocycles. The van der Waals surface area contributed by atoms with Crippen molar-refractivity contribution in [2.45, 2.75) is 63.5 Å². The molecule has 0 aromatic heterocycles. The molecule has 110 valence electrons. The molecule has 20 heavy (non-hydrogen) atoms. The summed E-state index contributed by atoms with van der Waals surface area (Å²) in [5.74, 6) is 0.693. The number of rotatable bonds is 3. The van der Waals surface area contributed by atoms with Crippen molar-refractivity contribution in [3.63, 3.8) is 0 Å². The molecule has 2 heteroatoms. The fraction of sp³-hybridized carbons (Fsp3) is 0.667. The summed E-state index contributed by atoms with van der Waals surface area (Å²) in [7, 11) is 0. The van der Waals surface area contributed by atoms with Crippen molar-refractivity contribution >= 4 is 0 Å². The zero-order valence-electron chi connectivity index (χ0n) is 12.8. The molecule has 0 atom stereocenters. The molecule has 1 aromatic rings. The van der Waals surface area contributed by atoms with Gasteiger partial charge < -0.3 is 10.0 Å². The van der Waals surface area contributed by atoms with Gasteiger partial charge in [0.15, 0.2) is 0 Å².